The van der Waals surface area contributed by atoms with Crippen LogP contribution in [0, 0.1) is 17.8 Å². The van der Waals surface area contributed by atoms with Crippen molar-refractivity contribution >= 4 is 34.2 Å². The molecule has 4 atom stereocenters. The fourth-order valence-corrected chi connectivity index (χ4v) is 7.41. The third-order valence-electron chi connectivity index (χ3n) is 9.46. The highest BCUT2D eigenvalue weighted by molar-refractivity contribution is 6.24. The Bertz CT molecular complexity index is 1810. The van der Waals surface area contributed by atoms with Crippen molar-refractivity contribution in [2.45, 2.75) is 32.1 Å². The van der Waals surface area contributed by atoms with Crippen molar-refractivity contribution in [3.63, 3.8) is 0 Å². The number of phenolic OH excluding ortho intramolecular Hbond substituents is 2. The second kappa shape index (κ2) is 9.65. The van der Waals surface area contributed by atoms with Gasteiger partial charge in [-0.15, -0.1) is 0 Å². The van der Waals surface area contributed by atoms with E-state index in [0.29, 0.717) is 40.5 Å². The minimum absolute atomic E-state index is 0.0467. The molecule has 0 saturated carbocycles. The van der Waals surface area contributed by atoms with Crippen molar-refractivity contribution in [1.82, 2.24) is 4.90 Å². The summed E-state index contributed by atoms with van der Waals surface area (Å²) in [5, 5.41) is 22.6. The second-order valence-corrected chi connectivity index (χ2v) is 11.7. The molecule has 1 saturated heterocycles. The number of likely N-dealkylation sites (tertiary alicyclic amines) is 1. The number of hydrogen-bond acceptors (Lipinski definition) is 6. The molecule has 4 aliphatic rings. The predicted molar refractivity (Wildman–Crippen MR) is 155 cm³/mol. The first-order chi connectivity index (χ1) is 20.2. The van der Waals surface area contributed by atoms with E-state index < -0.39 is 23.7 Å². The van der Waals surface area contributed by atoms with Crippen molar-refractivity contribution in [1.29, 1.82) is 0 Å². The first-order valence-electron chi connectivity index (χ1n) is 14.3. The van der Waals surface area contributed by atoms with Gasteiger partial charge in [0, 0.05) is 40.1 Å². The maximum Gasteiger partial charge on any atom is 0.233 e. The number of allylic oxidation sites excluding steroid dienone is 6. The Morgan fingerprint density at radius 2 is 1.64 bits per heavy atom. The lowest BCUT2D eigenvalue weighted by Gasteiger charge is -2.42. The van der Waals surface area contributed by atoms with E-state index in [2.05, 4.69) is 0 Å². The molecule has 3 aromatic rings. The number of Topliss-reactive ketones (excluding diaryl/α,β-unsaturated/α-hetero) is 1. The van der Waals surface area contributed by atoms with Crippen LogP contribution in [0.5, 0.6) is 11.5 Å². The summed E-state index contributed by atoms with van der Waals surface area (Å²) >= 11 is 0. The quantitative estimate of drug-likeness (QED) is 0.267. The Morgan fingerprint density at radius 1 is 0.881 bits per heavy atom. The summed E-state index contributed by atoms with van der Waals surface area (Å²) in [6.07, 6.45) is 4.34. The molecular weight excluding hydrogens is 530 g/mol. The Morgan fingerprint density at radius 3 is 2.43 bits per heavy atom. The Labute approximate surface area is 242 Å². The van der Waals surface area contributed by atoms with Crippen LogP contribution in [-0.4, -0.2) is 45.0 Å². The molecular formula is C35H29NO6. The summed E-state index contributed by atoms with van der Waals surface area (Å²) in [5.74, 6) is -3.09. The molecule has 7 nitrogen and oxygen atoms in total. The van der Waals surface area contributed by atoms with Crippen molar-refractivity contribution in [3.05, 3.63) is 106 Å². The van der Waals surface area contributed by atoms with E-state index in [9.17, 15) is 29.4 Å². The third-order valence-corrected chi connectivity index (χ3v) is 9.46. The van der Waals surface area contributed by atoms with E-state index in [0.717, 1.165) is 16.5 Å². The smallest absolute Gasteiger partial charge is 0.233 e. The number of fused-ring (bicyclic) bond motifs is 4. The number of carbonyl (C=O) groups excluding carboxylic acids is 4. The van der Waals surface area contributed by atoms with E-state index in [1.165, 1.54) is 11.0 Å². The first kappa shape index (κ1) is 26.1. The fourth-order valence-electron chi connectivity index (χ4n) is 7.41. The molecule has 2 N–H and O–H groups in total. The molecule has 0 aromatic heterocycles. The highest BCUT2D eigenvalue weighted by atomic mass is 16.3. The van der Waals surface area contributed by atoms with Gasteiger partial charge >= 0.3 is 0 Å². The molecule has 0 unspecified atom stereocenters. The lowest BCUT2D eigenvalue weighted by Crippen LogP contribution is -2.40. The number of imide groups is 1. The van der Waals surface area contributed by atoms with Crippen LogP contribution in [0.2, 0.25) is 0 Å². The molecule has 3 aliphatic carbocycles. The van der Waals surface area contributed by atoms with Crippen LogP contribution in [0.3, 0.4) is 0 Å². The number of phenols is 2. The minimum atomic E-state index is -0.696. The number of rotatable bonds is 4. The van der Waals surface area contributed by atoms with Gasteiger partial charge in [-0.3, -0.25) is 24.1 Å². The normalized spacial score (nSPS) is 25.3. The summed E-state index contributed by atoms with van der Waals surface area (Å²) < 4.78 is 0. The molecule has 0 radical (unpaired) electrons. The number of amides is 2. The SMILES string of the molecule is CC1=CC(=O)C2=C(C1=O)[C@@H](c1ccc3ccccc3c1O)C1=CC[C@@H]3C(=O)N(CCc4ccc(O)cc4)C(=O)[C@@H]3[C@@H]1C2. The topological polar surface area (TPSA) is 112 Å². The van der Waals surface area contributed by atoms with Crippen LogP contribution >= 0.6 is 0 Å². The molecule has 2 amide bonds. The standard InChI is InChI=1S/C35H29NO6/c1-18-16-28(38)27-17-26-23(29(31(27)32(18)39)24-11-8-20-4-2-3-5-22(20)33(24)40)12-13-25-30(26)35(42)36(34(25)41)15-14-19-6-9-21(37)10-7-19/h2-12,16,25-26,29-30,37,40H,13-15,17H2,1H3/t25-,26+,29+,30-/m0/s1. The number of nitrogens with zero attached hydrogens (tertiary/aromatic N) is 1. The molecule has 0 bridgehead atoms. The highest BCUT2D eigenvalue weighted by Crippen LogP contribution is 2.56. The average molecular weight is 560 g/mol. The largest absolute Gasteiger partial charge is 0.508 e. The number of hydrogen-bond donors (Lipinski definition) is 2. The maximum absolute atomic E-state index is 13.9. The van der Waals surface area contributed by atoms with Crippen LogP contribution in [0.25, 0.3) is 10.8 Å². The van der Waals surface area contributed by atoms with E-state index in [1.54, 1.807) is 37.3 Å². The Balaban J connectivity index is 1.30. The van der Waals surface area contributed by atoms with Crippen molar-refractivity contribution in [2.24, 2.45) is 17.8 Å². The van der Waals surface area contributed by atoms with E-state index >= 15 is 0 Å². The van der Waals surface area contributed by atoms with E-state index in [-0.39, 0.29) is 47.8 Å². The van der Waals surface area contributed by atoms with Crippen LogP contribution in [0.4, 0.5) is 0 Å². The van der Waals surface area contributed by atoms with Crippen LogP contribution in [0.15, 0.2) is 95.1 Å². The molecule has 1 heterocycles. The number of aromatic hydroxyl groups is 2. The molecule has 3 aromatic carbocycles. The molecule has 7 heteroatoms. The van der Waals surface area contributed by atoms with Crippen LogP contribution in [0.1, 0.15) is 36.8 Å². The summed E-state index contributed by atoms with van der Waals surface area (Å²) in [4.78, 5) is 55.8. The van der Waals surface area contributed by atoms with Gasteiger partial charge in [-0.05, 0) is 61.3 Å². The van der Waals surface area contributed by atoms with Gasteiger partial charge in [0.25, 0.3) is 0 Å². The lowest BCUT2D eigenvalue weighted by atomic mass is 9.59. The van der Waals surface area contributed by atoms with Crippen molar-refractivity contribution in [2.75, 3.05) is 6.54 Å². The van der Waals surface area contributed by atoms with Gasteiger partial charge in [0.2, 0.25) is 11.8 Å². The molecule has 210 valence electrons. The zero-order valence-electron chi connectivity index (χ0n) is 23.0. The lowest BCUT2D eigenvalue weighted by molar-refractivity contribution is -0.140. The zero-order chi connectivity index (χ0) is 29.3. The van der Waals surface area contributed by atoms with Crippen LogP contribution < -0.4 is 0 Å². The summed E-state index contributed by atoms with van der Waals surface area (Å²) in [5.41, 5.74) is 3.32. The second-order valence-electron chi connectivity index (χ2n) is 11.7. The summed E-state index contributed by atoms with van der Waals surface area (Å²) in [7, 11) is 0. The molecule has 0 spiro atoms. The minimum Gasteiger partial charge on any atom is -0.508 e. The Hall–Kier alpha value is -4.78. The van der Waals surface area contributed by atoms with Crippen molar-refractivity contribution < 1.29 is 29.4 Å². The van der Waals surface area contributed by atoms with Crippen LogP contribution in [-0.2, 0) is 25.6 Å². The summed E-state index contributed by atoms with van der Waals surface area (Å²) in [6.45, 7) is 1.85. The van der Waals surface area contributed by atoms with Gasteiger partial charge in [-0.25, -0.2) is 0 Å². The molecule has 7 rings (SSSR count). The fraction of sp³-hybridized carbons (Fsp3) is 0.257. The average Bonchev–Trinajstić information content (AvgIpc) is 3.24. The summed E-state index contributed by atoms with van der Waals surface area (Å²) in [6, 6.07) is 17.8. The first-order valence-corrected chi connectivity index (χ1v) is 14.3. The third kappa shape index (κ3) is 3.87. The molecule has 42 heavy (non-hydrogen) atoms. The zero-order valence-corrected chi connectivity index (χ0v) is 23.0. The van der Waals surface area contributed by atoms with Gasteiger partial charge in [-0.2, -0.15) is 0 Å². The molecule has 1 fully saturated rings. The Kier molecular flexibility index (Phi) is 6.01. The number of ketones is 2. The van der Waals surface area contributed by atoms with Gasteiger partial charge in [0.1, 0.15) is 11.5 Å². The monoisotopic (exact) mass is 559 g/mol. The van der Waals surface area contributed by atoms with E-state index in [1.807, 2.05) is 36.4 Å². The van der Waals surface area contributed by atoms with Gasteiger partial charge in [0.05, 0.1) is 11.8 Å². The number of carbonyl (C=O) groups is 4. The highest BCUT2D eigenvalue weighted by Gasteiger charge is 2.56. The van der Waals surface area contributed by atoms with E-state index in [4.69, 9.17) is 0 Å². The predicted octanol–water partition coefficient (Wildman–Crippen LogP) is 4.92. The molecule has 1 aliphatic heterocycles. The van der Waals surface area contributed by atoms with Crippen molar-refractivity contribution in [3.8, 4) is 11.5 Å². The van der Waals surface area contributed by atoms with Gasteiger partial charge in [0.15, 0.2) is 11.6 Å². The maximum atomic E-state index is 13.9. The van der Waals surface area contributed by atoms with Gasteiger partial charge < -0.3 is 10.2 Å². The number of benzene rings is 3. The van der Waals surface area contributed by atoms with Gasteiger partial charge in [-0.1, -0.05) is 60.2 Å².